The molecule has 0 radical (unpaired) electrons. The van der Waals surface area contributed by atoms with E-state index >= 15 is 0 Å². The summed E-state index contributed by atoms with van der Waals surface area (Å²) in [5, 5.41) is 2.97. The third-order valence-corrected chi connectivity index (χ3v) is 5.18. The van der Waals surface area contributed by atoms with Crippen LogP contribution in [0, 0.1) is 6.92 Å². The van der Waals surface area contributed by atoms with Crippen LogP contribution in [-0.2, 0) is 0 Å². The molecular formula is C22H30N4S. The molecule has 0 unspecified atom stereocenters. The second-order valence-corrected chi connectivity index (χ2v) is 7.76. The molecule has 3 rings (SSSR count). The minimum absolute atomic E-state index is 0.361. The third kappa shape index (κ3) is 4.92. The highest BCUT2D eigenvalue weighted by atomic mass is 32.1. The standard InChI is InChI=1S/C18H20N4S.C4H10/c1-11(2)14-8-17(22(12(3)4)13(14)5)16-10-23-18(21-16)15-9-19-6-7-20-15;1-3-4-2/h6-10,12H,1H2,2-5H3;3-4H2,1-2H3. The number of hydrogen-bond donors (Lipinski definition) is 0. The fourth-order valence-corrected chi connectivity index (χ4v) is 3.61. The molecule has 0 aliphatic heterocycles. The number of unbranched alkanes of at least 4 members (excludes halogenated alkanes) is 1. The minimum atomic E-state index is 0.361. The maximum Gasteiger partial charge on any atom is 0.144 e. The molecule has 0 saturated carbocycles. The summed E-state index contributed by atoms with van der Waals surface area (Å²) in [7, 11) is 0. The van der Waals surface area contributed by atoms with Gasteiger partial charge in [0.15, 0.2) is 0 Å². The molecule has 0 fully saturated rings. The van der Waals surface area contributed by atoms with Crippen molar-refractivity contribution in [3.8, 4) is 22.1 Å². The Morgan fingerprint density at radius 3 is 2.41 bits per heavy atom. The van der Waals surface area contributed by atoms with Crippen molar-refractivity contribution in [2.45, 2.75) is 60.4 Å². The molecule has 3 aromatic heterocycles. The molecule has 3 heterocycles. The Hall–Kier alpha value is -2.27. The van der Waals surface area contributed by atoms with Crippen LogP contribution in [0.2, 0.25) is 0 Å². The van der Waals surface area contributed by atoms with Crippen LogP contribution >= 0.6 is 11.3 Å². The fourth-order valence-electron chi connectivity index (χ4n) is 2.83. The predicted octanol–water partition coefficient (Wildman–Crippen LogP) is 6.80. The van der Waals surface area contributed by atoms with Crippen LogP contribution in [0.1, 0.15) is 64.8 Å². The maximum atomic E-state index is 4.77. The number of hydrogen-bond acceptors (Lipinski definition) is 4. The lowest BCUT2D eigenvalue weighted by Gasteiger charge is -2.15. The van der Waals surface area contributed by atoms with E-state index in [-0.39, 0.29) is 0 Å². The first-order valence-corrected chi connectivity index (χ1v) is 10.4. The van der Waals surface area contributed by atoms with Crippen LogP contribution in [0.4, 0.5) is 0 Å². The minimum Gasteiger partial charge on any atom is -0.340 e. The molecule has 0 amide bonds. The zero-order chi connectivity index (χ0) is 20.0. The van der Waals surface area contributed by atoms with Crippen LogP contribution in [-0.4, -0.2) is 19.5 Å². The number of thiazole rings is 1. The summed E-state index contributed by atoms with van der Waals surface area (Å²) in [4.78, 5) is 13.2. The Morgan fingerprint density at radius 2 is 1.89 bits per heavy atom. The molecule has 4 nitrogen and oxygen atoms in total. The van der Waals surface area contributed by atoms with Crippen LogP contribution in [0.25, 0.3) is 27.7 Å². The van der Waals surface area contributed by atoms with E-state index in [0.717, 1.165) is 27.7 Å². The van der Waals surface area contributed by atoms with E-state index in [1.54, 1.807) is 29.9 Å². The van der Waals surface area contributed by atoms with Crippen LogP contribution < -0.4 is 0 Å². The zero-order valence-corrected chi connectivity index (χ0v) is 18.1. The second-order valence-electron chi connectivity index (χ2n) is 6.90. The zero-order valence-electron chi connectivity index (χ0n) is 17.3. The van der Waals surface area contributed by atoms with Gasteiger partial charge in [-0.2, -0.15) is 0 Å². The van der Waals surface area contributed by atoms with Crippen molar-refractivity contribution in [3.05, 3.63) is 47.9 Å². The Bertz CT molecular complexity index is 873. The number of aromatic nitrogens is 4. The van der Waals surface area contributed by atoms with Gasteiger partial charge in [-0.15, -0.1) is 11.3 Å². The average Bonchev–Trinajstić information content (AvgIpc) is 3.27. The number of rotatable bonds is 5. The van der Waals surface area contributed by atoms with Gasteiger partial charge in [0.05, 0.1) is 17.6 Å². The molecule has 0 saturated heterocycles. The van der Waals surface area contributed by atoms with Gasteiger partial charge in [-0.05, 0) is 44.9 Å². The SMILES string of the molecule is C=C(C)c1cc(-c2csc(-c3cnccn3)n2)n(C(C)C)c1C.CCCC. The lowest BCUT2D eigenvalue weighted by Crippen LogP contribution is -2.05. The van der Waals surface area contributed by atoms with E-state index in [1.165, 1.54) is 24.1 Å². The summed E-state index contributed by atoms with van der Waals surface area (Å²) >= 11 is 1.59. The van der Waals surface area contributed by atoms with Crippen molar-refractivity contribution in [2.24, 2.45) is 0 Å². The summed E-state index contributed by atoms with van der Waals surface area (Å²) in [6.45, 7) is 17.0. The molecular weight excluding hydrogens is 352 g/mol. The molecule has 0 aliphatic rings. The van der Waals surface area contributed by atoms with Gasteiger partial charge in [0.2, 0.25) is 0 Å². The Labute approximate surface area is 167 Å². The first kappa shape index (κ1) is 21.0. The van der Waals surface area contributed by atoms with Crippen molar-refractivity contribution < 1.29 is 0 Å². The van der Waals surface area contributed by atoms with E-state index < -0.39 is 0 Å². The van der Waals surface area contributed by atoms with Crippen LogP contribution in [0.15, 0.2) is 36.6 Å². The highest BCUT2D eigenvalue weighted by Crippen LogP contribution is 2.34. The van der Waals surface area contributed by atoms with E-state index in [0.29, 0.717) is 6.04 Å². The Kier molecular flexibility index (Phi) is 7.48. The third-order valence-electron chi connectivity index (χ3n) is 4.32. The van der Waals surface area contributed by atoms with Gasteiger partial charge in [0.1, 0.15) is 10.7 Å². The van der Waals surface area contributed by atoms with Crippen molar-refractivity contribution in [1.82, 2.24) is 19.5 Å². The highest BCUT2D eigenvalue weighted by Gasteiger charge is 2.18. The van der Waals surface area contributed by atoms with Gasteiger partial charge >= 0.3 is 0 Å². The van der Waals surface area contributed by atoms with Gasteiger partial charge in [-0.3, -0.25) is 9.97 Å². The molecule has 3 aromatic rings. The molecule has 5 heteroatoms. The van der Waals surface area contributed by atoms with Gasteiger partial charge in [-0.25, -0.2) is 4.98 Å². The highest BCUT2D eigenvalue weighted by molar-refractivity contribution is 7.13. The van der Waals surface area contributed by atoms with Gasteiger partial charge in [0.25, 0.3) is 0 Å². The summed E-state index contributed by atoms with van der Waals surface area (Å²) in [6, 6.07) is 2.55. The lowest BCUT2D eigenvalue weighted by atomic mass is 10.1. The number of allylic oxidation sites excluding steroid dienone is 1. The van der Waals surface area contributed by atoms with Crippen molar-refractivity contribution in [2.75, 3.05) is 0 Å². The quantitative estimate of drug-likeness (QED) is 0.487. The monoisotopic (exact) mass is 382 g/mol. The summed E-state index contributed by atoms with van der Waals surface area (Å²) in [5.74, 6) is 0. The normalized spacial score (nSPS) is 10.6. The van der Waals surface area contributed by atoms with Crippen molar-refractivity contribution >= 4 is 16.9 Å². The molecule has 0 N–H and O–H groups in total. The smallest absolute Gasteiger partial charge is 0.144 e. The van der Waals surface area contributed by atoms with Crippen LogP contribution in [0.3, 0.4) is 0 Å². The van der Waals surface area contributed by atoms with Gasteiger partial charge < -0.3 is 4.57 Å². The summed E-state index contributed by atoms with van der Waals surface area (Å²) in [6.07, 6.45) is 7.75. The molecule has 0 bridgehead atoms. The van der Waals surface area contributed by atoms with Crippen molar-refractivity contribution in [3.63, 3.8) is 0 Å². The largest absolute Gasteiger partial charge is 0.340 e. The molecule has 144 valence electrons. The first-order chi connectivity index (χ1) is 12.9. The van der Waals surface area contributed by atoms with E-state index in [1.807, 2.05) is 6.92 Å². The Balaban J connectivity index is 0.000000596. The average molecular weight is 383 g/mol. The first-order valence-electron chi connectivity index (χ1n) is 9.50. The van der Waals surface area contributed by atoms with Gasteiger partial charge in [0, 0.05) is 29.5 Å². The van der Waals surface area contributed by atoms with E-state index in [9.17, 15) is 0 Å². The lowest BCUT2D eigenvalue weighted by molar-refractivity contribution is 0.594. The van der Waals surface area contributed by atoms with Crippen LogP contribution in [0.5, 0.6) is 0 Å². The topological polar surface area (TPSA) is 43.6 Å². The number of nitrogens with zero attached hydrogens (tertiary/aromatic N) is 4. The molecule has 0 atom stereocenters. The Morgan fingerprint density at radius 1 is 1.19 bits per heavy atom. The predicted molar refractivity (Wildman–Crippen MR) is 117 cm³/mol. The maximum absolute atomic E-state index is 4.77. The second kappa shape index (κ2) is 9.60. The van der Waals surface area contributed by atoms with E-state index in [4.69, 9.17) is 4.98 Å². The van der Waals surface area contributed by atoms with Gasteiger partial charge in [-0.1, -0.05) is 33.3 Å². The molecule has 0 aliphatic carbocycles. The molecule has 27 heavy (non-hydrogen) atoms. The summed E-state index contributed by atoms with van der Waals surface area (Å²) in [5.41, 5.74) is 6.41. The summed E-state index contributed by atoms with van der Waals surface area (Å²) < 4.78 is 2.32. The fraction of sp³-hybridized carbons (Fsp3) is 0.409. The van der Waals surface area contributed by atoms with Crippen molar-refractivity contribution in [1.29, 1.82) is 0 Å². The molecule has 0 spiro atoms. The molecule has 0 aromatic carbocycles. The van der Waals surface area contributed by atoms with E-state index in [2.05, 4.69) is 67.2 Å².